The van der Waals surface area contributed by atoms with Gasteiger partial charge in [-0.05, 0) is 24.8 Å². The smallest absolute Gasteiger partial charge is 0.200 e. The van der Waals surface area contributed by atoms with E-state index >= 15 is 0 Å². The van der Waals surface area contributed by atoms with Gasteiger partial charge in [0.15, 0.2) is 0 Å². The van der Waals surface area contributed by atoms with Crippen molar-refractivity contribution in [3.05, 3.63) is 0 Å². The van der Waals surface area contributed by atoms with E-state index in [0.29, 0.717) is 0 Å². The van der Waals surface area contributed by atoms with E-state index in [1.54, 1.807) is 6.92 Å². The molecule has 0 amide bonds. The third kappa shape index (κ3) is 2.37. The van der Waals surface area contributed by atoms with Crippen LogP contribution in [0.1, 0.15) is 19.8 Å². The maximum atomic E-state index is 10.5. The van der Waals surface area contributed by atoms with Crippen LogP contribution >= 0.6 is 11.9 Å². The zero-order chi connectivity index (χ0) is 6.69. The summed E-state index contributed by atoms with van der Waals surface area (Å²) in [5, 5.41) is 0.205. The fourth-order valence-electron chi connectivity index (χ4n) is 0.961. The molecule has 0 aromatic heterocycles. The van der Waals surface area contributed by atoms with Crippen LogP contribution in [0.2, 0.25) is 0 Å². The number of carbonyl (C=O) groups excluding carboxylic acids is 1. The van der Waals surface area contributed by atoms with Crippen LogP contribution in [-0.4, -0.2) is 22.5 Å². The molecule has 9 heavy (non-hydrogen) atoms. The molecule has 2 nitrogen and oxygen atoms in total. The Morgan fingerprint density at radius 3 is 2.44 bits per heavy atom. The Bertz CT molecular complexity index is 110. The van der Waals surface area contributed by atoms with Crippen LogP contribution < -0.4 is 0 Å². The Morgan fingerprint density at radius 1 is 1.44 bits per heavy atom. The first kappa shape index (κ1) is 7.09. The molecule has 0 atom stereocenters. The lowest BCUT2D eigenvalue weighted by molar-refractivity contribution is -0.109. The highest BCUT2D eigenvalue weighted by Gasteiger charge is 2.12. The second-order valence-electron chi connectivity index (χ2n) is 2.22. The van der Waals surface area contributed by atoms with Crippen LogP contribution in [0.5, 0.6) is 0 Å². The second-order valence-corrected chi connectivity index (χ2v) is 3.49. The van der Waals surface area contributed by atoms with E-state index in [9.17, 15) is 4.79 Å². The van der Waals surface area contributed by atoms with Gasteiger partial charge in [0.2, 0.25) is 5.12 Å². The van der Waals surface area contributed by atoms with Crippen molar-refractivity contribution in [2.24, 2.45) is 0 Å². The average Bonchev–Trinajstić information content (AvgIpc) is 2.15. The van der Waals surface area contributed by atoms with Gasteiger partial charge in [0.05, 0.1) is 0 Å². The van der Waals surface area contributed by atoms with E-state index in [0.717, 1.165) is 13.1 Å². The molecular weight excluding hydrogens is 134 g/mol. The van der Waals surface area contributed by atoms with Gasteiger partial charge >= 0.3 is 0 Å². The van der Waals surface area contributed by atoms with Crippen molar-refractivity contribution >= 4 is 17.1 Å². The predicted octanol–water partition coefficient (Wildman–Crippen LogP) is 1.28. The largest absolute Gasteiger partial charge is 0.286 e. The molecule has 0 unspecified atom stereocenters. The molecule has 0 aromatic rings. The van der Waals surface area contributed by atoms with Crippen molar-refractivity contribution in [3.8, 4) is 0 Å². The lowest BCUT2D eigenvalue weighted by Gasteiger charge is -2.08. The normalized spacial score (nSPS) is 20.6. The maximum absolute atomic E-state index is 10.5. The Hall–Kier alpha value is -0.0200. The molecular formula is C6H11NOS. The van der Waals surface area contributed by atoms with Crippen molar-refractivity contribution in [1.29, 1.82) is 0 Å². The Morgan fingerprint density at radius 2 is 2.00 bits per heavy atom. The fourth-order valence-corrected chi connectivity index (χ4v) is 1.77. The van der Waals surface area contributed by atoms with Crippen molar-refractivity contribution < 1.29 is 4.79 Å². The lowest BCUT2D eigenvalue weighted by atomic mass is 10.4. The summed E-state index contributed by atoms with van der Waals surface area (Å²) >= 11 is 1.36. The van der Waals surface area contributed by atoms with Gasteiger partial charge in [0.25, 0.3) is 0 Å². The molecule has 1 heterocycles. The van der Waals surface area contributed by atoms with Gasteiger partial charge in [-0.15, -0.1) is 0 Å². The standard InChI is InChI=1S/C6H11NOS/c1-6(8)9-7-4-2-3-5-7/h2-5H2,1H3. The van der Waals surface area contributed by atoms with E-state index in [1.807, 2.05) is 0 Å². The molecule has 3 heteroatoms. The molecule has 1 aliphatic rings. The average molecular weight is 145 g/mol. The SMILES string of the molecule is CC(=O)SN1CCCC1. The summed E-state index contributed by atoms with van der Waals surface area (Å²) in [5.74, 6) is 0. The van der Waals surface area contributed by atoms with Crippen molar-refractivity contribution in [3.63, 3.8) is 0 Å². The van der Waals surface area contributed by atoms with E-state index < -0.39 is 0 Å². The number of rotatable bonds is 1. The fraction of sp³-hybridized carbons (Fsp3) is 0.833. The Labute approximate surface area is 59.7 Å². The van der Waals surface area contributed by atoms with Crippen molar-refractivity contribution in [2.75, 3.05) is 13.1 Å². The monoisotopic (exact) mass is 145 g/mol. The molecule has 0 radical (unpaired) electrons. The minimum Gasteiger partial charge on any atom is -0.286 e. The van der Waals surface area contributed by atoms with E-state index in [-0.39, 0.29) is 5.12 Å². The number of hydrogen-bond acceptors (Lipinski definition) is 3. The zero-order valence-electron chi connectivity index (χ0n) is 5.59. The van der Waals surface area contributed by atoms with E-state index in [1.165, 1.54) is 24.8 Å². The van der Waals surface area contributed by atoms with Gasteiger partial charge < -0.3 is 0 Å². The van der Waals surface area contributed by atoms with Crippen LogP contribution in [0.4, 0.5) is 0 Å². The highest BCUT2D eigenvalue weighted by molar-refractivity contribution is 8.11. The molecule has 0 spiro atoms. The van der Waals surface area contributed by atoms with Gasteiger partial charge in [-0.25, -0.2) is 4.31 Å². The van der Waals surface area contributed by atoms with Crippen molar-refractivity contribution in [2.45, 2.75) is 19.8 Å². The van der Waals surface area contributed by atoms with Gasteiger partial charge in [-0.1, -0.05) is 0 Å². The molecule has 0 saturated carbocycles. The van der Waals surface area contributed by atoms with Crippen LogP contribution in [0, 0.1) is 0 Å². The molecule has 52 valence electrons. The second kappa shape index (κ2) is 3.22. The predicted molar refractivity (Wildman–Crippen MR) is 39.1 cm³/mol. The first-order chi connectivity index (χ1) is 4.29. The lowest BCUT2D eigenvalue weighted by Crippen LogP contribution is -2.11. The minimum absolute atomic E-state index is 0.205. The van der Waals surface area contributed by atoms with Crippen LogP contribution in [0.25, 0.3) is 0 Å². The summed E-state index contributed by atoms with van der Waals surface area (Å²) in [5.41, 5.74) is 0. The molecule has 1 aliphatic heterocycles. The van der Waals surface area contributed by atoms with Crippen LogP contribution in [0.3, 0.4) is 0 Å². The zero-order valence-corrected chi connectivity index (χ0v) is 6.41. The molecule has 0 bridgehead atoms. The highest BCUT2D eigenvalue weighted by atomic mass is 32.2. The van der Waals surface area contributed by atoms with Gasteiger partial charge in [-0.3, -0.25) is 4.79 Å². The summed E-state index contributed by atoms with van der Waals surface area (Å²) in [6.45, 7) is 3.79. The summed E-state index contributed by atoms with van der Waals surface area (Å²) in [6, 6.07) is 0. The maximum Gasteiger partial charge on any atom is 0.200 e. The van der Waals surface area contributed by atoms with E-state index in [4.69, 9.17) is 0 Å². The summed E-state index contributed by atoms with van der Waals surface area (Å²) in [6.07, 6.45) is 2.50. The molecule has 1 rings (SSSR count). The van der Waals surface area contributed by atoms with E-state index in [2.05, 4.69) is 4.31 Å². The van der Waals surface area contributed by atoms with Gasteiger partial charge in [-0.2, -0.15) is 0 Å². The Balaban J connectivity index is 2.19. The first-order valence-corrected chi connectivity index (χ1v) is 4.00. The molecule has 1 fully saturated rings. The van der Waals surface area contributed by atoms with Crippen molar-refractivity contribution in [1.82, 2.24) is 4.31 Å². The quantitative estimate of drug-likeness (QED) is 0.518. The molecule has 0 N–H and O–H groups in total. The minimum atomic E-state index is 0.205. The third-order valence-corrected chi connectivity index (χ3v) is 2.20. The summed E-state index contributed by atoms with van der Waals surface area (Å²) in [4.78, 5) is 10.5. The molecule has 1 saturated heterocycles. The molecule has 0 aromatic carbocycles. The highest BCUT2D eigenvalue weighted by Crippen LogP contribution is 2.17. The number of carbonyl (C=O) groups is 1. The third-order valence-electron chi connectivity index (χ3n) is 1.32. The summed E-state index contributed by atoms with van der Waals surface area (Å²) < 4.78 is 2.13. The number of hydrogen-bond donors (Lipinski definition) is 0. The summed E-state index contributed by atoms with van der Waals surface area (Å²) in [7, 11) is 0. The van der Waals surface area contributed by atoms with Gasteiger partial charge in [0.1, 0.15) is 0 Å². The topological polar surface area (TPSA) is 20.3 Å². The first-order valence-electron chi connectivity index (χ1n) is 3.22. The van der Waals surface area contributed by atoms with Crippen LogP contribution in [-0.2, 0) is 4.79 Å². The number of nitrogens with zero attached hydrogens (tertiary/aromatic N) is 1. The van der Waals surface area contributed by atoms with Crippen LogP contribution in [0.15, 0.2) is 0 Å². The van der Waals surface area contributed by atoms with Gasteiger partial charge in [0, 0.05) is 20.0 Å². The Kier molecular flexibility index (Phi) is 2.54. The molecule has 0 aliphatic carbocycles.